The number of quaternary nitrogens is 1. The Morgan fingerprint density at radius 3 is 2.37 bits per heavy atom. The van der Waals surface area contributed by atoms with Crippen molar-refractivity contribution < 1.29 is 9.70 Å². The minimum absolute atomic E-state index is 0. The molecule has 3 nitrogen and oxygen atoms in total. The third kappa shape index (κ3) is 4.47. The number of nitrogens with zero attached hydrogens (tertiary/aromatic N) is 2. The predicted octanol–water partition coefficient (Wildman–Crippen LogP) is 2.38. The maximum absolute atomic E-state index is 11.9. The van der Waals surface area contributed by atoms with Gasteiger partial charge in [0.05, 0.1) is 21.1 Å². The van der Waals surface area contributed by atoms with Crippen molar-refractivity contribution in [2.75, 3.05) is 21.1 Å². The molecule has 0 fully saturated rings. The summed E-state index contributed by atoms with van der Waals surface area (Å²) in [4.78, 5) is 0. The van der Waals surface area contributed by atoms with Gasteiger partial charge in [0.15, 0.2) is 0 Å². The van der Waals surface area contributed by atoms with E-state index in [0.717, 1.165) is 16.3 Å². The molecule has 2 aromatic carbocycles. The molecule has 0 atom stereocenters. The van der Waals surface area contributed by atoms with Gasteiger partial charge in [-0.2, -0.15) is 0 Å². The highest BCUT2D eigenvalue weighted by molar-refractivity contribution is 14.0. The van der Waals surface area contributed by atoms with Crippen LogP contribution < -0.4 is 5.11 Å². The van der Waals surface area contributed by atoms with Crippen LogP contribution >= 0.6 is 24.0 Å². The molecule has 2 rings (SSSR count). The lowest BCUT2D eigenvalue weighted by Crippen LogP contribution is -2.33. The number of benzene rings is 2. The minimum atomic E-state index is -0.0844. The first-order valence-corrected chi connectivity index (χ1v) is 6.00. The van der Waals surface area contributed by atoms with E-state index in [1.807, 2.05) is 51.5 Å². The monoisotopic (exact) mass is 370 g/mol. The Bertz CT molecular complexity index is 583. The number of halogens is 1. The summed E-state index contributed by atoms with van der Waals surface area (Å²) >= 11 is 0. The fraction of sp³-hybridized carbons (Fsp3) is 0.267. The molecule has 0 amide bonds. The molecule has 19 heavy (non-hydrogen) atoms. The van der Waals surface area contributed by atoms with Crippen LogP contribution in [-0.2, 0) is 6.42 Å². The molecular formula is C15H19IN2O. The summed E-state index contributed by atoms with van der Waals surface area (Å²) in [5, 5.41) is 18.3. The van der Waals surface area contributed by atoms with Gasteiger partial charge in [-0.15, -0.1) is 29.1 Å². The van der Waals surface area contributed by atoms with Crippen LogP contribution in [0.25, 0.3) is 10.8 Å². The van der Waals surface area contributed by atoms with Crippen LogP contribution in [0.5, 0.6) is 0 Å². The zero-order valence-corrected chi connectivity index (χ0v) is 13.8. The van der Waals surface area contributed by atoms with Gasteiger partial charge in [0, 0.05) is 12.3 Å². The summed E-state index contributed by atoms with van der Waals surface area (Å²) in [6.45, 7) is 0. The molecule has 0 N–H and O–H groups in total. The number of hydrogen-bond donors (Lipinski definition) is 0. The Labute approximate surface area is 131 Å². The van der Waals surface area contributed by atoms with E-state index >= 15 is 0 Å². The van der Waals surface area contributed by atoms with Gasteiger partial charge in [0.25, 0.3) is 0 Å². The van der Waals surface area contributed by atoms with Gasteiger partial charge in [-0.3, -0.25) is 0 Å². The van der Waals surface area contributed by atoms with E-state index in [2.05, 4.69) is 17.2 Å². The van der Waals surface area contributed by atoms with E-state index in [-0.39, 0.29) is 29.9 Å². The first kappa shape index (κ1) is 15.9. The van der Waals surface area contributed by atoms with Gasteiger partial charge in [-0.05, 0) is 16.3 Å². The molecule has 0 aliphatic rings. The summed E-state index contributed by atoms with van der Waals surface area (Å²) in [6.07, 6.45) is 0.358. The van der Waals surface area contributed by atoms with Crippen molar-refractivity contribution in [3.8, 4) is 0 Å². The van der Waals surface area contributed by atoms with Crippen LogP contribution in [0.15, 0.2) is 47.6 Å². The predicted molar refractivity (Wildman–Crippen MR) is 88.5 cm³/mol. The molecule has 0 aliphatic carbocycles. The van der Waals surface area contributed by atoms with Gasteiger partial charge in [0.2, 0.25) is 0 Å². The second kappa shape index (κ2) is 6.34. The van der Waals surface area contributed by atoms with Crippen molar-refractivity contribution in [2.24, 2.45) is 5.10 Å². The Kier molecular flexibility index (Phi) is 5.31. The second-order valence-corrected chi connectivity index (χ2v) is 5.25. The normalized spacial score (nSPS) is 12.3. The Hall–Kier alpha value is -1.14. The molecule has 4 heteroatoms. The van der Waals surface area contributed by atoms with E-state index in [4.69, 9.17) is 0 Å². The van der Waals surface area contributed by atoms with Crippen molar-refractivity contribution in [1.29, 1.82) is 0 Å². The van der Waals surface area contributed by atoms with Gasteiger partial charge in [-0.1, -0.05) is 42.5 Å². The second-order valence-electron chi connectivity index (χ2n) is 5.25. The zero-order chi connectivity index (χ0) is 13.2. The highest BCUT2D eigenvalue weighted by Gasteiger charge is 2.05. The van der Waals surface area contributed by atoms with E-state index in [9.17, 15) is 5.11 Å². The lowest BCUT2D eigenvalue weighted by molar-refractivity contribution is -0.878. The van der Waals surface area contributed by atoms with Gasteiger partial charge < -0.3 is 5.11 Å². The molecule has 0 bridgehead atoms. The fourth-order valence-corrected chi connectivity index (χ4v) is 1.98. The summed E-state index contributed by atoms with van der Waals surface area (Å²) < 4.78 is 0.309. The third-order valence-electron chi connectivity index (χ3n) is 2.63. The van der Waals surface area contributed by atoms with Crippen molar-refractivity contribution >= 4 is 40.6 Å². The lowest BCUT2D eigenvalue weighted by Gasteiger charge is -2.20. The highest BCUT2D eigenvalue weighted by Crippen LogP contribution is 2.18. The topological polar surface area (TPSA) is 35.4 Å². The van der Waals surface area contributed by atoms with Crippen LogP contribution in [-0.4, -0.2) is 31.6 Å². The standard InChI is InChI=1S/C15H18N2O.HI/c1-17(2,3)16-15(18)11-13-9-6-8-12-7-4-5-10-14(12)13;/h4-10H,11H2,1-3H3;1H. The van der Waals surface area contributed by atoms with Crippen LogP contribution in [0.3, 0.4) is 0 Å². The largest absolute Gasteiger partial charge is 0.858 e. The first-order chi connectivity index (χ1) is 8.46. The molecule has 0 spiro atoms. The summed E-state index contributed by atoms with van der Waals surface area (Å²) in [7, 11) is 5.63. The van der Waals surface area contributed by atoms with Gasteiger partial charge in [0.1, 0.15) is 0 Å². The number of rotatable bonds is 3. The smallest absolute Gasteiger partial charge is 0.0923 e. The molecule has 0 heterocycles. The average Bonchev–Trinajstić information content (AvgIpc) is 2.27. The molecule has 0 saturated heterocycles. The number of fused-ring (bicyclic) bond motifs is 1. The lowest BCUT2D eigenvalue weighted by atomic mass is 10.0. The van der Waals surface area contributed by atoms with Gasteiger partial charge >= 0.3 is 0 Å². The molecule has 2 aromatic rings. The van der Waals surface area contributed by atoms with E-state index in [0.29, 0.717) is 11.0 Å². The molecule has 0 radical (unpaired) electrons. The molecular weight excluding hydrogens is 351 g/mol. The maximum atomic E-state index is 11.9. The van der Waals surface area contributed by atoms with Crippen LogP contribution in [0.4, 0.5) is 0 Å². The van der Waals surface area contributed by atoms with Crippen LogP contribution in [0, 0.1) is 0 Å². The fourth-order valence-electron chi connectivity index (χ4n) is 1.98. The molecule has 102 valence electrons. The van der Waals surface area contributed by atoms with Crippen molar-refractivity contribution in [1.82, 2.24) is 0 Å². The third-order valence-corrected chi connectivity index (χ3v) is 2.63. The van der Waals surface area contributed by atoms with E-state index in [1.54, 1.807) is 0 Å². The maximum Gasteiger partial charge on any atom is 0.0923 e. The molecule has 0 unspecified atom stereocenters. The van der Waals surface area contributed by atoms with Crippen molar-refractivity contribution in [3.05, 3.63) is 48.0 Å². The SMILES string of the molecule is C[N+](C)(C)/N=C(\[O-])Cc1cccc2ccccc12.I. The van der Waals surface area contributed by atoms with Crippen molar-refractivity contribution in [2.45, 2.75) is 6.42 Å². The number of hydrogen-bond acceptors (Lipinski definition) is 2. The quantitative estimate of drug-likeness (QED) is 0.269. The van der Waals surface area contributed by atoms with Gasteiger partial charge in [-0.25, -0.2) is 4.59 Å². The molecule has 0 saturated carbocycles. The van der Waals surface area contributed by atoms with Crippen LogP contribution in [0.1, 0.15) is 5.56 Å². The Morgan fingerprint density at radius 1 is 1.05 bits per heavy atom. The van der Waals surface area contributed by atoms with E-state index in [1.165, 1.54) is 0 Å². The minimum Gasteiger partial charge on any atom is -0.858 e. The summed E-state index contributed by atoms with van der Waals surface area (Å²) in [5.74, 6) is -0.0844. The summed E-state index contributed by atoms with van der Waals surface area (Å²) in [6, 6.07) is 14.1. The van der Waals surface area contributed by atoms with E-state index < -0.39 is 0 Å². The molecule has 0 aromatic heterocycles. The molecule has 0 aliphatic heterocycles. The Balaban J connectivity index is 0.00000180. The zero-order valence-electron chi connectivity index (χ0n) is 11.5. The first-order valence-electron chi connectivity index (χ1n) is 6.00. The average molecular weight is 370 g/mol. The van der Waals surface area contributed by atoms with Crippen molar-refractivity contribution in [3.63, 3.8) is 0 Å². The highest BCUT2D eigenvalue weighted by atomic mass is 127. The Morgan fingerprint density at radius 2 is 1.68 bits per heavy atom. The van der Waals surface area contributed by atoms with Crippen LogP contribution in [0.2, 0.25) is 0 Å². The summed E-state index contributed by atoms with van der Waals surface area (Å²) in [5.41, 5.74) is 1.04.